The van der Waals surface area contributed by atoms with Crippen LogP contribution in [0.2, 0.25) is 0 Å². The second-order valence-electron chi connectivity index (χ2n) is 4.95. The van der Waals surface area contributed by atoms with E-state index in [1.807, 2.05) is 6.07 Å². The summed E-state index contributed by atoms with van der Waals surface area (Å²) in [5.74, 6) is 0.731. The van der Waals surface area contributed by atoms with Crippen LogP contribution in [-0.2, 0) is 4.74 Å². The Hall–Kier alpha value is -1.96. The van der Waals surface area contributed by atoms with Crippen molar-refractivity contribution in [2.45, 2.75) is 26.4 Å². The van der Waals surface area contributed by atoms with Crippen molar-refractivity contribution in [2.24, 2.45) is 0 Å². The summed E-state index contributed by atoms with van der Waals surface area (Å²) in [6.07, 6.45) is 2.50. The Labute approximate surface area is 124 Å². The molecule has 0 aliphatic rings. The van der Waals surface area contributed by atoms with Gasteiger partial charge in [-0.1, -0.05) is 0 Å². The monoisotopic (exact) mass is 339 g/mol. The van der Waals surface area contributed by atoms with Crippen molar-refractivity contribution in [2.75, 3.05) is 5.32 Å². The molecule has 106 valence electrons. The zero-order valence-corrected chi connectivity index (χ0v) is 12.9. The van der Waals surface area contributed by atoms with Gasteiger partial charge in [0, 0.05) is 6.20 Å². The summed E-state index contributed by atoms with van der Waals surface area (Å²) in [6, 6.07) is 3.63. The number of carbonyl (C=O) groups excluding carboxylic acids is 1. The summed E-state index contributed by atoms with van der Waals surface area (Å²) in [5, 5.41) is 6.57. The minimum absolute atomic E-state index is 0.150. The zero-order valence-electron chi connectivity index (χ0n) is 11.3. The quantitative estimate of drug-likeness (QED) is 0.909. The third-order valence-corrected chi connectivity index (χ3v) is 2.68. The highest BCUT2D eigenvalue weighted by molar-refractivity contribution is 9.10. The number of anilines is 1. The van der Waals surface area contributed by atoms with Gasteiger partial charge in [0.1, 0.15) is 11.9 Å². The number of rotatable bonds is 2. The Morgan fingerprint density at radius 2 is 2.15 bits per heavy atom. The van der Waals surface area contributed by atoms with Gasteiger partial charge in [0.2, 0.25) is 0 Å². The molecule has 7 nitrogen and oxygen atoms in total. The van der Waals surface area contributed by atoms with E-state index in [1.54, 1.807) is 33.0 Å². The molecule has 0 bridgehead atoms. The van der Waals surface area contributed by atoms with Crippen LogP contribution in [0.5, 0.6) is 0 Å². The first-order valence-corrected chi connectivity index (χ1v) is 6.67. The number of nitrogens with one attached hydrogen (secondary N) is 1. The fourth-order valence-electron chi connectivity index (χ4n) is 1.36. The van der Waals surface area contributed by atoms with Gasteiger partial charge in [0.15, 0.2) is 5.82 Å². The maximum absolute atomic E-state index is 11.6. The molecule has 0 unspecified atom stereocenters. The van der Waals surface area contributed by atoms with E-state index in [0.29, 0.717) is 5.82 Å². The number of nitrogens with zero attached hydrogens (tertiary/aromatic N) is 4. The van der Waals surface area contributed by atoms with Crippen LogP contribution < -0.4 is 5.32 Å². The molecule has 0 aromatic carbocycles. The normalized spacial score (nSPS) is 11.2. The number of amides is 1. The lowest BCUT2D eigenvalue weighted by molar-refractivity contribution is 0.0634. The van der Waals surface area contributed by atoms with Crippen LogP contribution >= 0.6 is 15.9 Å². The van der Waals surface area contributed by atoms with Crippen LogP contribution in [0.25, 0.3) is 5.82 Å². The molecule has 2 aromatic rings. The Bertz CT molecular complexity index is 620. The van der Waals surface area contributed by atoms with Crippen molar-refractivity contribution in [3.8, 4) is 5.82 Å². The van der Waals surface area contributed by atoms with Crippen molar-refractivity contribution >= 4 is 28.0 Å². The molecule has 8 heteroatoms. The lowest BCUT2D eigenvalue weighted by Crippen LogP contribution is -2.27. The van der Waals surface area contributed by atoms with Crippen molar-refractivity contribution < 1.29 is 9.53 Å². The molecule has 0 spiro atoms. The summed E-state index contributed by atoms with van der Waals surface area (Å²) in [5.41, 5.74) is -0.573. The number of ether oxygens (including phenoxy) is 1. The number of halogens is 1. The number of pyridine rings is 1. The van der Waals surface area contributed by atoms with Gasteiger partial charge < -0.3 is 4.74 Å². The Kier molecular flexibility index (Phi) is 4.03. The SMILES string of the molecule is CC(C)(C)OC(=O)Nc1ncn(-c2ncccc2Br)n1. The molecule has 0 radical (unpaired) electrons. The van der Waals surface area contributed by atoms with E-state index in [1.165, 1.54) is 11.0 Å². The van der Waals surface area contributed by atoms with Gasteiger partial charge in [0.05, 0.1) is 4.47 Å². The third kappa shape index (κ3) is 3.77. The topological polar surface area (TPSA) is 81.9 Å². The van der Waals surface area contributed by atoms with Gasteiger partial charge in [-0.2, -0.15) is 9.67 Å². The maximum Gasteiger partial charge on any atom is 0.414 e. The molecule has 2 rings (SSSR count). The van der Waals surface area contributed by atoms with E-state index in [9.17, 15) is 4.79 Å². The van der Waals surface area contributed by atoms with Gasteiger partial charge >= 0.3 is 6.09 Å². The highest BCUT2D eigenvalue weighted by Crippen LogP contribution is 2.17. The van der Waals surface area contributed by atoms with E-state index >= 15 is 0 Å². The summed E-state index contributed by atoms with van der Waals surface area (Å²) in [7, 11) is 0. The lowest BCUT2D eigenvalue weighted by atomic mass is 10.2. The molecule has 0 aliphatic heterocycles. The highest BCUT2D eigenvalue weighted by Gasteiger charge is 2.17. The summed E-state index contributed by atoms with van der Waals surface area (Å²) >= 11 is 3.37. The molecule has 1 amide bonds. The van der Waals surface area contributed by atoms with Gasteiger partial charge in [0.25, 0.3) is 5.95 Å². The van der Waals surface area contributed by atoms with E-state index in [2.05, 4.69) is 36.3 Å². The minimum Gasteiger partial charge on any atom is -0.444 e. The zero-order chi connectivity index (χ0) is 14.8. The molecule has 1 N–H and O–H groups in total. The fraction of sp³-hybridized carbons (Fsp3) is 0.333. The predicted molar refractivity (Wildman–Crippen MR) is 76.7 cm³/mol. The van der Waals surface area contributed by atoms with Gasteiger partial charge in [-0.3, -0.25) is 5.32 Å². The molecule has 20 heavy (non-hydrogen) atoms. The highest BCUT2D eigenvalue weighted by atomic mass is 79.9. The van der Waals surface area contributed by atoms with Crippen molar-refractivity contribution in [1.29, 1.82) is 0 Å². The van der Waals surface area contributed by atoms with E-state index < -0.39 is 11.7 Å². The molecule has 2 heterocycles. The average molecular weight is 340 g/mol. The first kappa shape index (κ1) is 14.4. The lowest BCUT2D eigenvalue weighted by Gasteiger charge is -2.18. The molecule has 2 aromatic heterocycles. The van der Waals surface area contributed by atoms with E-state index in [0.717, 1.165) is 4.47 Å². The van der Waals surface area contributed by atoms with Crippen LogP contribution in [-0.4, -0.2) is 31.4 Å². The molecule has 0 fully saturated rings. The number of hydrogen-bond acceptors (Lipinski definition) is 5. The summed E-state index contributed by atoms with van der Waals surface area (Å²) in [6.45, 7) is 5.34. The molecule has 0 aliphatic carbocycles. The van der Waals surface area contributed by atoms with Crippen LogP contribution in [0.4, 0.5) is 10.7 Å². The molecule has 0 saturated carbocycles. The minimum atomic E-state index is -0.602. The molecule has 0 saturated heterocycles. The van der Waals surface area contributed by atoms with Crippen LogP contribution in [0, 0.1) is 0 Å². The molecular formula is C12H14BrN5O2. The molecular weight excluding hydrogens is 326 g/mol. The molecule has 0 atom stereocenters. The van der Waals surface area contributed by atoms with Crippen molar-refractivity contribution in [3.63, 3.8) is 0 Å². The summed E-state index contributed by atoms with van der Waals surface area (Å²) < 4.78 is 7.34. The van der Waals surface area contributed by atoms with Gasteiger partial charge in [-0.25, -0.2) is 9.78 Å². The number of hydrogen-bond donors (Lipinski definition) is 1. The van der Waals surface area contributed by atoms with E-state index in [-0.39, 0.29) is 5.95 Å². The Morgan fingerprint density at radius 1 is 1.40 bits per heavy atom. The largest absolute Gasteiger partial charge is 0.444 e. The van der Waals surface area contributed by atoms with Crippen LogP contribution in [0.1, 0.15) is 20.8 Å². The standard InChI is InChI=1S/C12H14BrN5O2/c1-12(2,3)20-11(19)16-10-15-7-18(17-10)9-8(13)5-4-6-14-9/h4-7H,1-3H3,(H,16,17,19). The van der Waals surface area contributed by atoms with Gasteiger partial charge in [-0.05, 0) is 48.8 Å². The fourth-order valence-corrected chi connectivity index (χ4v) is 1.80. The van der Waals surface area contributed by atoms with E-state index in [4.69, 9.17) is 4.74 Å². The second kappa shape index (κ2) is 5.58. The van der Waals surface area contributed by atoms with Crippen LogP contribution in [0.3, 0.4) is 0 Å². The third-order valence-electron chi connectivity index (χ3n) is 2.06. The Balaban J connectivity index is 2.10. The number of aromatic nitrogens is 4. The van der Waals surface area contributed by atoms with Gasteiger partial charge in [-0.15, -0.1) is 5.10 Å². The second-order valence-corrected chi connectivity index (χ2v) is 5.80. The Morgan fingerprint density at radius 3 is 2.80 bits per heavy atom. The van der Waals surface area contributed by atoms with Crippen molar-refractivity contribution in [3.05, 3.63) is 29.1 Å². The smallest absolute Gasteiger partial charge is 0.414 e. The van der Waals surface area contributed by atoms with Crippen molar-refractivity contribution in [1.82, 2.24) is 19.7 Å². The average Bonchev–Trinajstić information content (AvgIpc) is 2.75. The number of carbonyl (C=O) groups is 1. The predicted octanol–water partition coefficient (Wildman–Crippen LogP) is 2.77. The first-order valence-electron chi connectivity index (χ1n) is 5.88. The summed E-state index contributed by atoms with van der Waals surface area (Å²) in [4.78, 5) is 19.7. The maximum atomic E-state index is 11.6. The first-order chi connectivity index (χ1) is 9.35. The van der Waals surface area contributed by atoms with Crippen LogP contribution in [0.15, 0.2) is 29.1 Å².